The Hall–Kier alpha value is -0.840. The Kier molecular flexibility index (Phi) is 5.21. The number of rotatable bonds is 6. The predicted octanol–water partition coefficient (Wildman–Crippen LogP) is 6.14. The molecule has 3 rings (SSSR count). The highest BCUT2D eigenvalue weighted by Crippen LogP contribution is 2.32. The summed E-state index contributed by atoms with van der Waals surface area (Å²) in [5, 5.41) is 2.55. The first kappa shape index (κ1) is 16.0. The Balaban J connectivity index is 1.99. The van der Waals surface area contributed by atoms with Crippen LogP contribution in [0.15, 0.2) is 45.3 Å². The average molecular weight is 425 g/mol. The van der Waals surface area contributed by atoms with Crippen molar-refractivity contribution in [2.75, 3.05) is 13.2 Å². The molecule has 0 spiro atoms. The van der Waals surface area contributed by atoms with Gasteiger partial charge in [0.05, 0.1) is 6.61 Å². The molecule has 4 heteroatoms. The zero-order chi connectivity index (χ0) is 15.5. The molecule has 0 amide bonds. The molecule has 2 nitrogen and oxygen atoms in total. The van der Waals surface area contributed by atoms with E-state index < -0.39 is 0 Å². The smallest absolute Gasteiger partial charge is 0.0645 e. The molecule has 116 valence electrons. The third kappa shape index (κ3) is 3.24. The molecule has 0 saturated heterocycles. The maximum atomic E-state index is 5.75. The molecule has 1 aromatic heterocycles. The van der Waals surface area contributed by atoms with E-state index in [0.717, 1.165) is 35.1 Å². The zero-order valence-corrected chi connectivity index (χ0v) is 15.8. The predicted molar refractivity (Wildman–Crippen MR) is 101 cm³/mol. The highest BCUT2D eigenvalue weighted by atomic mass is 79.9. The number of fused-ring (bicyclic) bond motifs is 3. The molecule has 0 bridgehead atoms. The van der Waals surface area contributed by atoms with Gasteiger partial charge < -0.3 is 9.30 Å². The lowest BCUT2D eigenvalue weighted by molar-refractivity contribution is 0.125. The van der Waals surface area contributed by atoms with Crippen LogP contribution in [-0.2, 0) is 11.3 Å². The van der Waals surface area contributed by atoms with Gasteiger partial charge in [-0.3, -0.25) is 0 Å². The van der Waals surface area contributed by atoms with Crippen molar-refractivity contribution in [3.63, 3.8) is 0 Å². The van der Waals surface area contributed by atoms with Gasteiger partial charge in [0.25, 0.3) is 0 Å². The van der Waals surface area contributed by atoms with Crippen molar-refractivity contribution in [3.05, 3.63) is 45.3 Å². The summed E-state index contributed by atoms with van der Waals surface area (Å²) in [4.78, 5) is 0. The number of halogens is 2. The van der Waals surface area contributed by atoms with Gasteiger partial charge in [-0.15, -0.1) is 0 Å². The molecule has 1 heterocycles. The van der Waals surface area contributed by atoms with Crippen LogP contribution in [0.2, 0.25) is 0 Å². The van der Waals surface area contributed by atoms with E-state index in [1.54, 1.807) is 0 Å². The van der Waals surface area contributed by atoms with E-state index in [1.165, 1.54) is 28.2 Å². The van der Waals surface area contributed by atoms with E-state index in [1.807, 2.05) is 0 Å². The molecule has 0 saturated carbocycles. The van der Waals surface area contributed by atoms with Gasteiger partial charge in [-0.25, -0.2) is 0 Å². The summed E-state index contributed by atoms with van der Waals surface area (Å²) < 4.78 is 10.3. The number of hydrogen-bond donors (Lipinski definition) is 0. The van der Waals surface area contributed by atoms with Gasteiger partial charge in [-0.05, 0) is 42.8 Å². The number of hydrogen-bond acceptors (Lipinski definition) is 1. The highest BCUT2D eigenvalue weighted by molar-refractivity contribution is 9.10. The number of nitrogens with zero attached hydrogens (tertiary/aromatic N) is 1. The average Bonchev–Trinajstić information content (AvgIpc) is 2.80. The molecule has 22 heavy (non-hydrogen) atoms. The van der Waals surface area contributed by atoms with Crippen molar-refractivity contribution in [2.24, 2.45) is 0 Å². The lowest BCUT2D eigenvalue weighted by Crippen LogP contribution is -2.06. The molecule has 0 aliphatic rings. The van der Waals surface area contributed by atoms with E-state index in [2.05, 4.69) is 79.7 Å². The molecule has 0 unspecified atom stereocenters. The normalized spacial score (nSPS) is 11.6. The highest BCUT2D eigenvalue weighted by Gasteiger charge is 2.11. The summed E-state index contributed by atoms with van der Waals surface area (Å²) in [5.74, 6) is 0. The summed E-state index contributed by atoms with van der Waals surface area (Å²) in [5.41, 5.74) is 2.52. The maximum absolute atomic E-state index is 5.75. The van der Waals surface area contributed by atoms with Gasteiger partial charge in [0.15, 0.2) is 0 Å². The number of unbranched alkanes of at least 4 members (excludes halogenated alkanes) is 1. The molecular formula is C18H19Br2NO. The minimum atomic E-state index is 0.755. The molecule has 2 aromatic carbocycles. The second-order valence-electron chi connectivity index (χ2n) is 5.44. The first-order chi connectivity index (χ1) is 10.7. The zero-order valence-electron chi connectivity index (χ0n) is 12.6. The molecule has 0 aliphatic carbocycles. The number of aromatic nitrogens is 1. The maximum Gasteiger partial charge on any atom is 0.0645 e. The van der Waals surface area contributed by atoms with E-state index in [9.17, 15) is 0 Å². The molecule has 0 fully saturated rings. The first-order valence-electron chi connectivity index (χ1n) is 7.65. The fourth-order valence-electron chi connectivity index (χ4n) is 2.79. The van der Waals surface area contributed by atoms with E-state index in [-0.39, 0.29) is 0 Å². The summed E-state index contributed by atoms with van der Waals surface area (Å²) >= 11 is 7.16. The Morgan fingerprint density at radius 2 is 1.50 bits per heavy atom. The standard InChI is InChI=1S/C18H19Br2NO/c1-2-3-9-22-10-8-21-17-6-4-13(19)11-15(17)16-12-14(20)5-7-18(16)21/h4-7,11-12H,2-3,8-10H2,1H3. The van der Waals surface area contributed by atoms with Crippen LogP contribution in [0, 0.1) is 0 Å². The van der Waals surface area contributed by atoms with Gasteiger partial charge in [-0.2, -0.15) is 0 Å². The fraction of sp³-hybridized carbons (Fsp3) is 0.333. The van der Waals surface area contributed by atoms with Crippen LogP contribution >= 0.6 is 31.9 Å². The van der Waals surface area contributed by atoms with Crippen molar-refractivity contribution in [1.29, 1.82) is 0 Å². The minimum Gasteiger partial charge on any atom is -0.380 e. The minimum absolute atomic E-state index is 0.755. The summed E-state index contributed by atoms with van der Waals surface area (Å²) in [6, 6.07) is 12.9. The third-order valence-electron chi connectivity index (χ3n) is 3.89. The van der Waals surface area contributed by atoms with Crippen LogP contribution < -0.4 is 0 Å². The summed E-state index contributed by atoms with van der Waals surface area (Å²) in [6.07, 6.45) is 2.31. The van der Waals surface area contributed by atoms with Crippen LogP contribution in [-0.4, -0.2) is 17.8 Å². The second-order valence-corrected chi connectivity index (χ2v) is 7.27. The van der Waals surface area contributed by atoms with Crippen molar-refractivity contribution in [3.8, 4) is 0 Å². The van der Waals surface area contributed by atoms with Crippen LogP contribution in [0.25, 0.3) is 21.8 Å². The molecule has 0 N–H and O–H groups in total. The van der Waals surface area contributed by atoms with Gasteiger partial charge in [0.1, 0.15) is 0 Å². The largest absolute Gasteiger partial charge is 0.380 e. The van der Waals surface area contributed by atoms with Crippen LogP contribution in [0.5, 0.6) is 0 Å². The summed E-state index contributed by atoms with van der Waals surface area (Å²) in [6.45, 7) is 4.68. The molecular weight excluding hydrogens is 406 g/mol. The molecule has 0 atom stereocenters. The van der Waals surface area contributed by atoms with Gasteiger partial charge in [-0.1, -0.05) is 45.2 Å². The number of benzene rings is 2. The van der Waals surface area contributed by atoms with E-state index in [0.29, 0.717) is 0 Å². The lowest BCUT2D eigenvalue weighted by Gasteiger charge is -2.08. The van der Waals surface area contributed by atoms with E-state index >= 15 is 0 Å². The first-order valence-corrected chi connectivity index (χ1v) is 9.24. The molecule has 0 radical (unpaired) electrons. The van der Waals surface area contributed by atoms with Crippen LogP contribution in [0.4, 0.5) is 0 Å². The van der Waals surface area contributed by atoms with Gasteiger partial charge >= 0.3 is 0 Å². The van der Waals surface area contributed by atoms with Gasteiger partial charge in [0.2, 0.25) is 0 Å². The summed E-state index contributed by atoms with van der Waals surface area (Å²) in [7, 11) is 0. The Bertz CT molecular complexity index is 735. The van der Waals surface area contributed by atoms with Crippen molar-refractivity contribution >= 4 is 53.7 Å². The van der Waals surface area contributed by atoms with Crippen LogP contribution in [0.1, 0.15) is 19.8 Å². The lowest BCUT2D eigenvalue weighted by atomic mass is 10.2. The second kappa shape index (κ2) is 7.16. The molecule has 0 aliphatic heterocycles. The van der Waals surface area contributed by atoms with Crippen molar-refractivity contribution in [1.82, 2.24) is 4.57 Å². The Labute approximate surface area is 147 Å². The topological polar surface area (TPSA) is 14.2 Å². The van der Waals surface area contributed by atoms with E-state index in [4.69, 9.17) is 4.74 Å². The monoisotopic (exact) mass is 423 g/mol. The third-order valence-corrected chi connectivity index (χ3v) is 4.88. The quantitative estimate of drug-likeness (QED) is 0.433. The van der Waals surface area contributed by atoms with Crippen molar-refractivity contribution in [2.45, 2.75) is 26.3 Å². The van der Waals surface area contributed by atoms with Crippen LogP contribution in [0.3, 0.4) is 0 Å². The Morgan fingerprint density at radius 3 is 2.05 bits per heavy atom. The SMILES string of the molecule is CCCCOCCn1c2ccc(Br)cc2c2cc(Br)ccc21. The number of ether oxygens (including phenoxy) is 1. The fourth-order valence-corrected chi connectivity index (χ4v) is 3.52. The molecule has 3 aromatic rings. The van der Waals surface area contributed by atoms with Crippen molar-refractivity contribution < 1.29 is 4.74 Å². The van der Waals surface area contributed by atoms with Gasteiger partial charge in [0, 0.05) is 43.9 Å². The Morgan fingerprint density at radius 1 is 0.909 bits per heavy atom.